The average Bonchev–Trinajstić information content (AvgIpc) is 3.36. The molecule has 8 heteroatoms. The fraction of sp³-hybridized carbons (Fsp3) is 0.731. The number of amides is 2. The molecule has 0 aromatic carbocycles. The number of esters is 1. The Hall–Kier alpha value is -1.80. The third-order valence-electron chi connectivity index (χ3n) is 7.65. The standard InChI is InChI=1S/C26H40N2O5S/c1-6-14-27(18(3)4)23(31)21-26-13-12-25(5,34-26)20(24(32)33-17-7-2)19(26)22(30)28(21)15-10-8-9-11-16-29/h6-7,18-21,29H,1-2,8-17H2,3-5H3/t19-,20+,21?,25-,26?/m0/s1. The van der Waals surface area contributed by atoms with Gasteiger partial charge in [0.2, 0.25) is 11.8 Å². The third kappa shape index (κ3) is 4.55. The van der Waals surface area contributed by atoms with Crippen LogP contribution in [0.3, 0.4) is 0 Å². The second kappa shape index (κ2) is 10.9. The Morgan fingerprint density at radius 3 is 2.56 bits per heavy atom. The highest BCUT2D eigenvalue weighted by Crippen LogP contribution is 2.71. The van der Waals surface area contributed by atoms with E-state index in [4.69, 9.17) is 9.84 Å². The summed E-state index contributed by atoms with van der Waals surface area (Å²) < 4.78 is 4.40. The van der Waals surface area contributed by atoms with Crippen LogP contribution in [0.5, 0.6) is 0 Å². The number of hydrogen-bond donors (Lipinski definition) is 1. The first-order valence-corrected chi connectivity index (χ1v) is 13.3. The van der Waals surface area contributed by atoms with E-state index in [9.17, 15) is 14.4 Å². The molecule has 0 saturated carbocycles. The van der Waals surface area contributed by atoms with E-state index < -0.39 is 27.4 Å². The zero-order chi connectivity index (χ0) is 25.1. The van der Waals surface area contributed by atoms with Gasteiger partial charge in [0.25, 0.3) is 0 Å². The van der Waals surface area contributed by atoms with Crippen molar-refractivity contribution in [3.8, 4) is 0 Å². The van der Waals surface area contributed by atoms with E-state index in [0.29, 0.717) is 13.1 Å². The largest absolute Gasteiger partial charge is 0.461 e. The van der Waals surface area contributed by atoms with Gasteiger partial charge in [0, 0.05) is 30.5 Å². The summed E-state index contributed by atoms with van der Waals surface area (Å²) >= 11 is 1.66. The molecule has 2 bridgehead atoms. The second-order valence-electron chi connectivity index (χ2n) is 10.2. The fourth-order valence-electron chi connectivity index (χ4n) is 6.13. The van der Waals surface area contributed by atoms with Crippen molar-refractivity contribution >= 4 is 29.5 Å². The Morgan fingerprint density at radius 1 is 1.24 bits per heavy atom. The van der Waals surface area contributed by atoms with Gasteiger partial charge in [-0.25, -0.2) is 0 Å². The number of rotatable bonds is 13. The van der Waals surface area contributed by atoms with Gasteiger partial charge in [-0.1, -0.05) is 31.6 Å². The van der Waals surface area contributed by atoms with Gasteiger partial charge < -0.3 is 19.6 Å². The molecule has 3 saturated heterocycles. The molecule has 3 fully saturated rings. The van der Waals surface area contributed by atoms with E-state index in [2.05, 4.69) is 13.2 Å². The van der Waals surface area contributed by atoms with E-state index in [1.165, 1.54) is 6.08 Å². The highest BCUT2D eigenvalue weighted by atomic mass is 32.2. The van der Waals surface area contributed by atoms with E-state index >= 15 is 0 Å². The van der Waals surface area contributed by atoms with Crippen LogP contribution in [0, 0.1) is 11.8 Å². The fourth-order valence-corrected chi connectivity index (χ4v) is 8.47. The first kappa shape index (κ1) is 26.8. The van der Waals surface area contributed by atoms with Gasteiger partial charge in [0.1, 0.15) is 12.6 Å². The first-order valence-electron chi connectivity index (χ1n) is 12.5. The molecule has 5 atom stereocenters. The molecule has 3 rings (SSSR count). The molecule has 3 aliphatic rings. The molecule has 1 spiro atoms. The molecule has 3 aliphatic heterocycles. The van der Waals surface area contributed by atoms with Crippen molar-refractivity contribution < 1.29 is 24.2 Å². The Balaban J connectivity index is 1.97. The topological polar surface area (TPSA) is 87.1 Å². The molecular formula is C26H40N2O5S. The van der Waals surface area contributed by atoms with Gasteiger partial charge in [0.05, 0.1) is 16.6 Å². The van der Waals surface area contributed by atoms with Crippen LogP contribution in [0.2, 0.25) is 0 Å². The molecule has 7 nitrogen and oxygen atoms in total. The maximum atomic E-state index is 14.1. The smallest absolute Gasteiger partial charge is 0.311 e. The molecule has 0 aliphatic carbocycles. The number of carbonyl (C=O) groups excluding carboxylic acids is 3. The second-order valence-corrected chi connectivity index (χ2v) is 12.1. The lowest BCUT2D eigenvalue weighted by Gasteiger charge is -2.38. The molecule has 3 heterocycles. The predicted octanol–water partition coefficient (Wildman–Crippen LogP) is 3.17. The predicted molar refractivity (Wildman–Crippen MR) is 134 cm³/mol. The Labute approximate surface area is 208 Å². The normalized spacial score (nSPS) is 31.6. The molecule has 0 aromatic heterocycles. The number of aliphatic hydroxyl groups is 1. The summed E-state index contributed by atoms with van der Waals surface area (Å²) in [5.41, 5.74) is 0. The van der Waals surface area contributed by atoms with Crippen LogP contribution in [-0.2, 0) is 19.1 Å². The molecule has 2 unspecified atom stereocenters. The van der Waals surface area contributed by atoms with E-state index in [-0.39, 0.29) is 37.0 Å². The first-order chi connectivity index (χ1) is 16.2. The summed E-state index contributed by atoms with van der Waals surface area (Å²) in [6.07, 6.45) is 8.00. The van der Waals surface area contributed by atoms with Gasteiger partial charge >= 0.3 is 5.97 Å². The monoisotopic (exact) mass is 492 g/mol. The summed E-state index contributed by atoms with van der Waals surface area (Å²) in [4.78, 5) is 44.7. The zero-order valence-electron chi connectivity index (χ0n) is 20.8. The van der Waals surface area contributed by atoms with Crippen LogP contribution in [0.1, 0.15) is 59.3 Å². The SMILES string of the molecule is C=CCOC(=O)[C@H]1[C@H]2C(=O)N(CCCCCCO)C(C(=O)N(CC=C)C(C)C)C23CC[C@]1(C)S3. The minimum absolute atomic E-state index is 0.0324. The van der Waals surface area contributed by atoms with Gasteiger partial charge in [-0.05, 0) is 46.5 Å². The quantitative estimate of drug-likeness (QED) is 0.241. The van der Waals surface area contributed by atoms with Crippen LogP contribution in [0.4, 0.5) is 0 Å². The minimum Gasteiger partial charge on any atom is -0.461 e. The van der Waals surface area contributed by atoms with Crippen molar-refractivity contribution in [1.82, 2.24) is 9.80 Å². The summed E-state index contributed by atoms with van der Waals surface area (Å²) in [5, 5.41) is 9.07. The molecule has 190 valence electrons. The maximum Gasteiger partial charge on any atom is 0.311 e. The average molecular weight is 493 g/mol. The van der Waals surface area contributed by atoms with Crippen LogP contribution < -0.4 is 0 Å². The summed E-state index contributed by atoms with van der Waals surface area (Å²) in [7, 11) is 0. The number of fused-ring (bicyclic) bond motifs is 1. The number of nitrogens with zero attached hydrogens (tertiary/aromatic N) is 2. The van der Waals surface area contributed by atoms with Crippen molar-refractivity contribution in [3.05, 3.63) is 25.3 Å². The van der Waals surface area contributed by atoms with E-state index in [1.54, 1.807) is 27.6 Å². The van der Waals surface area contributed by atoms with Crippen molar-refractivity contribution in [2.45, 2.75) is 80.9 Å². The lowest BCUT2D eigenvalue weighted by atomic mass is 9.66. The molecule has 0 aromatic rings. The molecule has 2 amide bonds. The summed E-state index contributed by atoms with van der Waals surface area (Å²) in [6, 6.07) is -0.635. The molecule has 1 N–H and O–H groups in total. The number of thioether (sulfide) groups is 1. The summed E-state index contributed by atoms with van der Waals surface area (Å²) in [6.45, 7) is 14.6. The lowest BCUT2D eigenvalue weighted by molar-refractivity contribution is -0.154. The number of carbonyl (C=O) groups is 3. The van der Waals surface area contributed by atoms with Crippen molar-refractivity contribution in [1.29, 1.82) is 0 Å². The molecule has 0 radical (unpaired) electrons. The van der Waals surface area contributed by atoms with Gasteiger partial charge in [-0.3, -0.25) is 14.4 Å². The van der Waals surface area contributed by atoms with E-state index in [1.807, 2.05) is 20.8 Å². The summed E-state index contributed by atoms with van der Waals surface area (Å²) in [5.74, 6) is -1.65. The van der Waals surface area contributed by atoms with Crippen LogP contribution in [0.25, 0.3) is 0 Å². The van der Waals surface area contributed by atoms with Gasteiger partial charge in [-0.15, -0.1) is 18.3 Å². The van der Waals surface area contributed by atoms with Crippen molar-refractivity contribution in [2.24, 2.45) is 11.8 Å². The highest BCUT2D eigenvalue weighted by Gasteiger charge is 2.77. The number of aliphatic hydroxyl groups excluding tert-OH is 1. The lowest BCUT2D eigenvalue weighted by Crippen LogP contribution is -2.56. The Kier molecular flexibility index (Phi) is 8.56. The van der Waals surface area contributed by atoms with Crippen LogP contribution in [-0.4, -0.2) is 80.6 Å². The number of ether oxygens (including phenoxy) is 1. The van der Waals surface area contributed by atoms with Crippen LogP contribution in [0.15, 0.2) is 25.3 Å². The highest BCUT2D eigenvalue weighted by molar-refractivity contribution is 8.02. The molecular weight excluding hydrogens is 452 g/mol. The van der Waals surface area contributed by atoms with Gasteiger partial charge in [0.15, 0.2) is 0 Å². The zero-order valence-corrected chi connectivity index (χ0v) is 21.6. The van der Waals surface area contributed by atoms with Crippen LogP contribution >= 0.6 is 11.8 Å². The number of hydrogen-bond acceptors (Lipinski definition) is 6. The van der Waals surface area contributed by atoms with E-state index in [0.717, 1.165) is 38.5 Å². The Morgan fingerprint density at radius 2 is 1.94 bits per heavy atom. The maximum absolute atomic E-state index is 14.1. The third-order valence-corrected chi connectivity index (χ3v) is 9.63. The number of likely N-dealkylation sites (tertiary alicyclic amines) is 1. The Bertz CT molecular complexity index is 817. The molecule has 34 heavy (non-hydrogen) atoms. The van der Waals surface area contributed by atoms with Crippen molar-refractivity contribution in [3.63, 3.8) is 0 Å². The van der Waals surface area contributed by atoms with Crippen molar-refractivity contribution in [2.75, 3.05) is 26.3 Å². The van der Waals surface area contributed by atoms with Gasteiger partial charge in [-0.2, -0.15) is 0 Å². The minimum atomic E-state index is -0.625. The number of unbranched alkanes of at least 4 members (excludes halogenated alkanes) is 3.